The lowest BCUT2D eigenvalue weighted by Gasteiger charge is -2.26. The third-order valence-corrected chi connectivity index (χ3v) is 2.68. The summed E-state index contributed by atoms with van der Waals surface area (Å²) < 4.78 is 24.5. The molecule has 0 saturated heterocycles. The van der Waals surface area contributed by atoms with E-state index in [4.69, 9.17) is 9.47 Å². The van der Waals surface area contributed by atoms with Gasteiger partial charge in [0.15, 0.2) is 0 Å². The molecule has 0 aliphatic heterocycles. The maximum atomic E-state index is 13.8. The fourth-order valence-corrected chi connectivity index (χ4v) is 1.67. The largest absolute Gasteiger partial charge is 0.382 e. The molecule has 0 amide bonds. The molecule has 19 heavy (non-hydrogen) atoms. The van der Waals surface area contributed by atoms with E-state index in [-0.39, 0.29) is 17.5 Å². The average Bonchev–Trinajstić information content (AvgIpc) is 2.33. The van der Waals surface area contributed by atoms with Gasteiger partial charge >= 0.3 is 0 Å². The van der Waals surface area contributed by atoms with Crippen molar-refractivity contribution >= 4 is 0 Å². The predicted octanol–water partition coefficient (Wildman–Crippen LogP) is 2.92. The van der Waals surface area contributed by atoms with E-state index in [1.54, 1.807) is 19.2 Å². The quantitative estimate of drug-likeness (QED) is 0.772. The summed E-state index contributed by atoms with van der Waals surface area (Å²) in [7, 11) is 1.62. The fourth-order valence-electron chi connectivity index (χ4n) is 1.67. The first kappa shape index (κ1) is 16.1. The number of halogens is 1. The zero-order valence-corrected chi connectivity index (χ0v) is 12.2. The zero-order valence-electron chi connectivity index (χ0n) is 12.2. The molecule has 0 aliphatic carbocycles. The van der Waals surface area contributed by atoms with Gasteiger partial charge in [-0.1, -0.05) is 18.2 Å². The molecule has 0 saturated carbocycles. The summed E-state index contributed by atoms with van der Waals surface area (Å²) in [6.07, 6.45) is -0.310. The fraction of sp³-hybridized carbons (Fsp3) is 0.600. The van der Waals surface area contributed by atoms with Crippen molar-refractivity contribution in [2.45, 2.75) is 32.4 Å². The summed E-state index contributed by atoms with van der Waals surface area (Å²) in [6, 6.07) is 6.72. The van der Waals surface area contributed by atoms with Gasteiger partial charge in [0.1, 0.15) is 5.82 Å². The van der Waals surface area contributed by atoms with Crippen molar-refractivity contribution < 1.29 is 13.9 Å². The molecule has 4 heteroatoms. The highest BCUT2D eigenvalue weighted by molar-refractivity contribution is 5.20. The molecular formula is C15H24FNO2. The van der Waals surface area contributed by atoms with E-state index in [0.29, 0.717) is 25.3 Å². The smallest absolute Gasteiger partial charge is 0.129 e. The minimum absolute atomic E-state index is 0.0336. The summed E-state index contributed by atoms with van der Waals surface area (Å²) in [5.41, 5.74) is 0.545. The molecule has 108 valence electrons. The second-order valence-electron chi connectivity index (χ2n) is 5.50. The van der Waals surface area contributed by atoms with Crippen molar-refractivity contribution in [2.24, 2.45) is 0 Å². The standard InChI is InChI=1S/C15H24FNO2/c1-15(2,3)17-11-14(19-10-9-18-4)12-7-5-6-8-13(12)16/h5-8,14,17H,9-11H2,1-4H3. The van der Waals surface area contributed by atoms with E-state index in [2.05, 4.69) is 26.1 Å². The van der Waals surface area contributed by atoms with Gasteiger partial charge in [0.2, 0.25) is 0 Å². The van der Waals surface area contributed by atoms with Crippen LogP contribution in [-0.2, 0) is 9.47 Å². The maximum absolute atomic E-state index is 13.8. The molecule has 0 aliphatic rings. The molecule has 1 rings (SSSR count). The van der Waals surface area contributed by atoms with Crippen LogP contribution < -0.4 is 5.32 Å². The van der Waals surface area contributed by atoms with Gasteiger partial charge in [-0.05, 0) is 26.8 Å². The summed E-state index contributed by atoms with van der Waals surface area (Å²) in [6.45, 7) is 7.72. The van der Waals surface area contributed by atoms with Gasteiger partial charge in [0.05, 0.1) is 19.3 Å². The lowest BCUT2D eigenvalue weighted by atomic mass is 10.1. The Balaban J connectivity index is 2.71. The zero-order chi connectivity index (χ0) is 14.3. The predicted molar refractivity (Wildman–Crippen MR) is 74.7 cm³/mol. The van der Waals surface area contributed by atoms with E-state index in [1.807, 2.05) is 6.07 Å². The Morgan fingerprint density at radius 1 is 1.21 bits per heavy atom. The van der Waals surface area contributed by atoms with Crippen LogP contribution in [-0.4, -0.2) is 32.4 Å². The Hall–Kier alpha value is -0.970. The Bertz CT molecular complexity index is 377. The molecule has 0 aromatic heterocycles. The number of hydrogen-bond acceptors (Lipinski definition) is 3. The molecule has 3 nitrogen and oxygen atoms in total. The van der Waals surface area contributed by atoms with Crippen LogP contribution in [0.1, 0.15) is 32.4 Å². The van der Waals surface area contributed by atoms with Crippen LogP contribution in [0.15, 0.2) is 24.3 Å². The number of hydrogen-bond donors (Lipinski definition) is 1. The summed E-state index contributed by atoms with van der Waals surface area (Å²) in [4.78, 5) is 0. The van der Waals surface area contributed by atoms with Gasteiger partial charge in [-0.2, -0.15) is 0 Å². The van der Waals surface area contributed by atoms with Crippen LogP contribution in [0.5, 0.6) is 0 Å². The third-order valence-electron chi connectivity index (χ3n) is 2.68. The van der Waals surface area contributed by atoms with Crippen molar-refractivity contribution in [3.8, 4) is 0 Å². The van der Waals surface area contributed by atoms with Crippen molar-refractivity contribution in [1.29, 1.82) is 0 Å². The third kappa shape index (κ3) is 6.14. The summed E-state index contributed by atoms with van der Waals surface area (Å²) in [5.74, 6) is -0.236. The minimum atomic E-state index is -0.310. The molecule has 1 N–H and O–H groups in total. The lowest BCUT2D eigenvalue weighted by Crippen LogP contribution is -2.39. The number of ether oxygens (including phenoxy) is 2. The Morgan fingerprint density at radius 2 is 1.89 bits per heavy atom. The van der Waals surface area contributed by atoms with Gasteiger partial charge in [-0.3, -0.25) is 0 Å². The monoisotopic (exact) mass is 269 g/mol. The Labute approximate surface area is 115 Å². The van der Waals surface area contributed by atoms with Crippen molar-refractivity contribution in [2.75, 3.05) is 26.9 Å². The van der Waals surface area contributed by atoms with Gasteiger partial charge in [-0.25, -0.2) is 4.39 Å². The number of nitrogens with one attached hydrogen (secondary N) is 1. The van der Waals surface area contributed by atoms with Crippen LogP contribution in [0.4, 0.5) is 4.39 Å². The molecule has 0 fully saturated rings. The highest BCUT2D eigenvalue weighted by Crippen LogP contribution is 2.20. The van der Waals surface area contributed by atoms with E-state index >= 15 is 0 Å². The minimum Gasteiger partial charge on any atom is -0.382 e. The first-order valence-electron chi connectivity index (χ1n) is 6.54. The van der Waals surface area contributed by atoms with Crippen LogP contribution in [0.2, 0.25) is 0 Å². The highest BCUT2D eigenvalue weighted by atomic mass is 19.1. The summed E-state index contributed by atoms with van der Waals surface area (Å²) in [5, 5.41) is 3.34. The van der Waals surface area contributed by atoms with Crippen molar-refractivity contribution in [3.05, 3.63) is 35.6 Å². The van der Waals surface area contributed by atoms with Crippen LogP contribution in [0.25, 0.3) is 0 Å². The molecule has 1 atom stereocenters. The number of benzene rings is 1. The molecule has 0 heterocycles. The molecule has 1 aromatic rings. The van der Waals surface area contributed by atoms with Crippen LogP contribution in [0, 0.1) is 5.82 Å². The molecule has 0 bridgehead atoms. The number of methoxy groups -OCH3 is 1. The van der Waals surface area contributed by atoms with Gasteiger partial charge in [0.25, 0.3) is 0 Å². The van der Waals surface area contributed by atoms with E-state index in [9.17, 15) is 4.39 Å². The maximum Gasteiger partial charge on any atom is 0.129 e. The highest BCUT2D eigenvalue weighted by Gasteiger charge is 2.19. The summed E-state index contributed by atoms with van der Waals surface area (Å²) >= 11 is 0. The van der Waals surface area contributed by atoms with E-state index < -0.39 is 0 Å². The van der Waals surface area contributed by atoms with Crippen LogP contribution >= 0.6 is 0 Å². The second kappa shape index (κ2) is 7.58. The second-order valence-corrected chi connectivity index (χ2v) is 5.50. The van der Waals surface area contributed by atoms with Gasteiger partial charge < -0.3 is 14.8 Å². The Kier molecular flexibility index (Phi) is 6.42. The first-order valence-corrected chi connectivity index (χ1v) is 6.54. The number of rotatable bonds is 7. The average molecular weight is 269 g/mol. The normalized spacial score (nSPS) is 13.5. The SMILES string of the molecule is COCCOC(CNC(C)(C)C)c1ccccc1F. The molecular weight excluding hydrogens is 245 g/mol. The molecule has 1 aromatic carbocycles. The molecule has 1 unspecified atom stereocenters. The first-order chi connectivity index (χ1) is 8.94. The topological polar surface area (TPSA) is 30.5 Å². The van der Waals surface area contributed by atoms with E-state index in [0.717, 1.165) is 0 Å². The van der Waals surface area contributed by atoms with Crippen LogP contribution in [0.3, 0.4) is 0 Å². The van der Waals surface area contributed by atoms with Gasteiger partial charge in [-0.15, -0.1) is 0 Å². The van der Waals surface area contributed by atoms with Crippen molar-refractivity contribution in [3.63, 3.8) is 0 Å². The lowest BCUT2D eigenvalue weighted by molar-refractivity contribution is 0.0123. The molecule has 0 radical (unpaired) electrons. The van der Waals surface area contributed by atoms with Crippen molar-refractivity contribution in [1.82, 2.24) is 5.32 Å². The Morgan fingerprint density at radius 3 is 2.47 bits per heavy atom. The van der Waals surface area contributed by atoms with E-state index in [1.165, 1.54) is 6.07 Å². The van der Waals surface area contributed by atoms with Gasteiger partial charge in [0, 0.05) is 24.8 Å². The molecule has 0 spiro atoms.